The Kier molecular flexibility index (Phi) is 2.88. The van der Waals surface area contributed by atoms with E-state index in [1.54, 1.807) is 6.07 Å². The van der Waals surface area contributed by atoms with Gasteiger partial charge in [0.25, 0.3) is 0 Å². The maximum atomic E-state index is 12.2. The zero-order chi connectivity index (χ0) is 11.2. The van der Waals surface area contributed by atoms with E-state index >= 15 is 0 Å². The van der Waals surface area contributed by atoms with Crippen LogP contribution in [0.1, 0.15) is 25.5 Å². The van der Waals surface area contributed by atoms with Crippen molar-refractivity contribution in [1.82, 2.24) is 0 Å². The van der Waals surface area contributed by atoms with E-state index in [2.05, 4.69) is 0 Å². The fraction of sp³-hybridized carbons (Fsp3) is 0.455. The number of rotatable bonds is 0. The molecule has 0 spiro atoms. The van der Waals surface area contributed by atoms with E-state index < -0.39 is 10.8 Å². The Balaban J connectivity index is 2.64. The van der Waals surface area contributed by atoms with Crippen LogP contribution in [0.3, 0.4) is 0 Å². The van der Waals surface area contributed by atoms with Crippen LogP contribution in [0.5, 0.6) is 0 Å². The van der Waals surface area contributed by atoms with Crippen LogP contribution in [0.4, 0.5) is 0 Å². The van der Waals surface area contributed by atoms with Gasteiger partial charge in [-0.05, 0) is 17.5 Å². The summed E-state index contributed by atoms with van der Waals surface area (Å²) in [5.74, 6) is 0.219. The summed E-state index contributed by atoms with van der Waals surface area (Å²) in [7, 11) is -1.03. The van der Waals surface area contributed by atoms with Gasteiger partial charge in [0.05, 0.1) is 20.7 Å². The summed E-state index contributed by atoms with van der Waals surface area (Å²) in [4.78, 5) is 0.734. The molecule has 1 heterocycles. The summed E-state index contributed by atoms with van der Waals surface area (Å²) < 4.78 is 12.2. The lowest BCUT2D eigenvalue weighted by molar-refractivity contribution is 0.442. The lowest BCUT2D eigenvalue weighted by atomic mass is 9.92. The molecule has 1 aromatic carbocycles. The highest BCUT2D eigenvalue weighted by molar-refractivity contribution is 7.86. The van der Waals surface area contributed by atoms with Crippen LogP contribution in [0, 0.1) is 5.92 Å². The van der Waals surface area contributed by atoms with Crippen molar-refractivity contribution in [2.75, 3.05) is 0 Å². The van der Waals surface area contributed by atoms with Crippen molar-refractivity contribution in [3.8, 4) is 0 Å². The van der Waals surface area contributed by atoms with Crippen molar-refractivity contribution in [3.63, 3.8) is 0 Å². The van der Waals surface area contributed by atoms with Gasteiger partial charge in [-0.2, -0.15) is 0 Å². The third kappa shape index (κ3) is 1.63. The van der Waals surface area contributed by atoms with E-state index in [1.807, 2.05) is 26.0 Å². The molecule has 0 fully saturated rings. The van der Waals surface area contributed by atoms with Crippen LogP contribution in [0.25, 0.3) is 0 Å². The summed E-state index contributed by atoms with van der Waals surface area (Å²) in [6, 6.07) is 5.49. The lowest BCUT2D eigenvalue weighted by Gasteiger charge is -2.33. The van der Waals surface area contributed by atoms with Gasteiger partial charge in [-0.3, -0.25) is 4.21 Å². The Bertz CT molecular complexity index is 421. The second kappa shape index (κ2) is 3.89. The predicted molar refractivity (Wildman–Crippen MR) is 63.4 cm³/mol. The highest BCUT2D eigenvalue weighted by Gasteiger charge is 2.35. The standard InChI is InChI=1S/C11H14ClNOS/c1-6-7(2)15(14)11-8(10(6)13)4-3-5-9(11)12/h3-7,10H,13H2,1-2H3. The molecule has 1 aliphatic rings. The average molecular weight is 244 g/mol. The van der Waals surface area contributed by atoms with Gasteiger partial charge in [0.2, 0.25) is 0 Å². The fourth-order valence-corrected chi connectivity index (χ4v) is 3.99. The van der Waals surface area contributed by atoms with Crippen molar-refractivity contribution in [2.24, 2.45) is 11.7 Å². The van der Waals surface area contributed by atoms with Gasteiger partial charge in [0.1, 0.15) is 0 Å². The van der Waals surface area contributed by atoms with Gasteiger partial charge in [-0.1, -0.05) is 37.6 Å². The number of hydrogen-bond donors (Lipinski definition) is 1. The SMILES string of the molecule is CC1C(N)c2cccc(Cl)c2S(=O)C1C. The molecule has 0 radical (unpaired) electrons. The van der Waals surface area contributed by atoms with Gasteiger partial charge in [-0.25, -0.2) is 0 Å². The zero-order valence-electron chi connectivity index (χ0n) is 8.74. The average Bonchev–Trinajstić information content (AvgIpc) is 2.23. The normalized spacial score (nSPS) is 34.9. The second-order valence-electron chi connectivity index (χ2n) is 4.05. The predicted octanol–water partition coefficient (Wildman–Crippen LogP) is 2.49. The molecule has 0 amide bonds. The lowest BCUT2D eigenvalue weighted by Crippen LogP contribution is -2.36. The molecule has 2 rings (SSSR count). The Morgan fingerprint density at radius 3 is 2.73 bits per heavy atom. The molecule has 2 N–H and O–H groups in total. The molecule has 2 nitrogen and oxygen atoms in total. The minimum atomic E-state index is -1.03. The van der Waals surface area contributed by atoms with Gasteiger partial charge in [0, 0.05) is 11.3 Å². The van der Waals surface area contributed by atoms with E-state index in [4.69, 9.17) is 17.3 Å². The summed E-state index contributed by atoms with van der Waals surface area (Å²) in [5.41, 5.74) is 7.05. The number of fused-ring (bicyclic) bond motifs is 1. The van der Waals surface area contributed by atoms with Crippen LogP contribution >= 0.6 is 11.6 Å². The maximum absolute atomic E-state index is 12.2. The molecular formula is C11H14ClNOS. The molecule has 15 heavy (non-hydrogen) atoms. The van der Waals surface area contributed by atoms with E-state index in [0.717, 1.165) is 10.5 Å². The third-order valence-corrected chi connectivity index (χ3v) is 5.59. The number of benzene rings is 1. The Labute approximate surface area is 97.3 Å². The smallest absolute Gasteiger partial charge is 0.0624 e. The van der Waals surface area contributed by atoms with Gasteiger partial charge in [0.15, 0.2) is 0 Å². The first-order chi connectivity index (χ1) is 7.04. The van der Waals surface area contributed by atoms with Crippen molar-refractivity contribution < 1.29 is 4.21 Å². The first-order valence-corrected chi connectivity index (χ1v) is 6.57. The van der Waals surface area contributed by atoms with Crippen molar-refractivity contribution in [2.45, 2.75) is 30.0 Å². The molecule has 0 saturated carbocycles. The highest BCUT2D eigenvalue weighted by Crippen LogP contribution is 2.39. The van der Waals surface area contributed by atoms with E-state index in [1.165, 1.54) is 0 Å². The van der Waals surface area contributed by atoms with Gasteiger partial charge < -0.3 is 5.73 Å². The van der Waals surface area contributed by atoms with E-state index in [0.29, 0.717) is 5.02 Å². The molecular weight excluding hydrogens is 230 g/mol. The molecule has 4 heteroatoms. The Hall–Kier alpha value is -0.380. The van der Waals surface area contributed by atoms with Crippen LogP contribution in [-0.2, 0) is 10.8 Å². The first kappa shape index (κ1) is 11.1. The molecule has 4 atom stereocenters. The minimum Gasteiger partial charge on any atom is -0.324 e. The highest BCUT2D eigenvalue weighted by atomic mass is 35.5. The summed E-state index contributed by atoms with van der Waals surface area (Å²) in [5, 5.41) is 0.632. The molecule has 0 bridgehead atoms. The maximum Gasteiger partial charge on any atom is 0.0624 e. The van der Waals surface area contributed by atoms with Crippen molar-refractivity contribution in [3.05, 3.63) is 28.8 Å². The fourth-order valence-electron chi connectivity index (χ4n) is 1.96. The van der Waals surface area contributed by atoms with Crippen molar-refractivity contribution in [1.29, 1.82) is 0 Å². The molecule has 4 unspecified atom stereocenters. The quantitative estimate of drug-likeness (QED) is 0.761. The van der Waals surface area contributed by atoms with Crippen LogP contribution in [0.2, 0.25) is 5.02 Å². The monoisotopic (exact) mass is 243 g/mol. The molecule has 0 aromatic heterocycles. The molecule has 82 valence electrons. The number of halogens is 1. The Morgan fingerprint density at radius 1 is 1.40 bits per heavy atom. The van der Waals surface area contributed by atoms with Crippen LogP contribution < -0.4 is 5.73 Å². The van der Waals surface area contributed by atoms with Crippen molar-refractivity contribution >= 4 is 22.4 Å². The summed E-state index contributed by atoms with van der Waals surface area (Å²) >= 11 is 6.07. The molecule has 0 aliphatic carbocycles. The van der Waals surface area contributed by atoms with Crippen LogP contribution in [-0.4, -0.2) is 9.46 Å². The molecule has 0 saturated heterocycles. The topological polar surface area (TPSA) is 43.1 Å². The van der Waals surface area contributed by atoms with E-state index in [9.17, 15) is 4.21 Å². The number of hydrogen-bond acceptors (Lipinski definition) is 2. The van der Waals surface area contributed by atoms with Gasteiger partial charge in [-0.15, -0.1) is 0 Å². The zero-order valence-corrected chi connectivity index (χ0v) is 10.3. The first-order valence-electron chi connectivity index (χ1n) is 4.98. The third-order valence-electron chi connectivity index (χ3n) is 3.20. The summed E-state index contributed by atoms with van der Waals surface area (Å²) in [6.45, 7) is 4.00. The van der Waals surface area contributed by atoms with Gasteiger partial charge >= 0.3 is 0 Å². The second-order valence-corrected chi connectivity index (χ2v) is 6.20. The van der Waals surface area contributed by atoms with E-state index in [-0.39, 0.29) is 17.2 Å². The molecule has 1 aliphatic heterocycles. The molecule has 1 aromatic rings. The number of nitrogens with two attached hydrogens (primary N) is 1. The minimum absolute atomic E-state index is 0.0624. The largest absolute Gasteiger partial charge is 0.324 e. The van der Waals surface area contributed by atoms with Crippen LogP contribution in [0.15, 0.2) is 23.1 Å². The Morgan fingerprint density at radius 2 is 2.07 bits per heavy atom. The summed E-state index contributed by atoms with van der Waals surface area (Å²) in [6.07, 6.45) is 0.